The molecule has 0 saturated carbocycles. The van der Waals surface area contributed by atoms with E-state index in [1.165, 1.54) is 0 Å². The van der Waals surface area contributed by atoms with E-state index < -0.39 is 6.04 Å². The summed E-state index contributed by atoms with van der Waals surface area (Å²) in [5.41, 5.74) is 3.20. The number of H-pyrrole nitrogens is 1. The molecule has 1 unspecified atom stereocenters. The van der Waals surface area contributed by atoms with Crippen molar-refractivity contribution in [1.29, 1.82) is 0 Å². The van der Waals surface area contributed by atoms with Gasteiger partial charge < -0.3 is 19.8 Å². The molecule has 0 spiro atoms. The van der Waals surface area contributed by atoms with E-state index in [1.54, 1.807) is 20.4 Å². The average molecular weight is 386 g/mol. The number of anilines is 1. The van der Waals surface area contributed by atoms with Gasteiger partial charge in [-0.1, -0.05) is 36.4 Å². The largest absolute Gasteiger partial charge is 0.497 e. The third-order valence-electron chi connectivity index (χ3n) is 4.93. The van der Waals surface area contributed by atoms with E-state index in [1.807, 2.05) is 72.8 Å². The molecule has 0 saturated heterocycles. The molecule has 146 valence electrons. The number of rotatable bonds is 7. The van der Waals surface area contributed by atoms with Crippen molar-refractivity contribution in [3.05, 3.63) is 90.1 Å². The number of hydrogen-bond donors (Lipinski definition) is 2. The van der Waals surface area contributed by atoms with Gasteiger partial charge in [0.15, 0.2) is 5.78 Å². The molecule has 0 aliphatic heterocycles. The highest BCUT2D eigenvalue weighted by molar-refractivity contribution is 6.11. The lowest BCUT2D eigenvalue weighted by Gasteiger charge is -2.19. The zero-order chi connectivity index (χ0) is 20.2. The summed E-state index contributed by atoms with van der Waals surface area (Å²) in [6.45, 7) is 0. The Balaban J connectivity index is 1.76. The van der Waals surface area contributed by atoms with Gasteiger partial charge in [0.1, 0.15) is 17.5 Å². The zero-order valence-electron chi connectivity index (χ0n) is 16.3. The fourth-order valence-corrected chi connectivity index (χ4v) is 3.41. The lowest BCUT2D eigenvalue weighted by Crippen LogP contribution is -2.21. The predicted molar refractivity (Wildman–Crippen MR) is 115 cm³/mol. The number of ketones is 1. The van der Waals surface area contributed by atoms with Crippen molar-refractivity contribution in [1.82, 2.24) is 4.98 Å². The van der Waals surface area contributed by atoms with Crippen LogP contribution in [0.5, 0.6) is 11.5 Å². The van der Waals surface area contributed by atoms with Gasteiger partial charge >= 0.3 is 0 Å². The molecule has 5 heteroatoms. The smallest absolute Gasteiger partial charge is 0.191 e. The summed E-state index contributed by atoms with van der Waals surface area (Å²) >= 11 is 0. The number of carbonyl (C=O) groups is 1. The van der Waals surface area contributed by atoms with Gasteiger partial charge in [0.2, 0.25) is 0 Å². The van der Waals surface area contributed by atoms with E-state index in [9.17, 15) is 4.79 Å². The van der Waals surface area contributed by atoms with Crippen LogP contribution in [0.25, 0.3) is 10.9 Å². The Hall–Kier alpha value is -3.73. The van der Waals surface area contributed by atoms with E-state index in [0.29, 0.717) is 11.3 Å². The van der Waals surface area contributed by atoms with Crippen LogP contribution in [0, 0.1) is 0 Å². The summed E-state index contributed by atoms with van der Waals surface area (Å²) in [5, 5.41) is 4.21. The molecule has 1 heterocycles. The number of hydrogen-bond acceptors (Lipinski definition) is 4. The fraction of sp³-hybridized carbons (Fsp3) is 0.125. The van der Waals surface area contributed by atoms with Crippen molar-refractivity contribution >= 4 is 22.4 Å². The molecule has 0 fully saturated rings. The van der Waals surface area contributed by atoms with Crippen LogP contribution in [0.15, 0.2) is 79.0 Å². The van der Waals surface area contributed by atoms with Crippen molar-refractivity contribution in [2.45, 2.75) is 6.04 Å². The van der Waals surface area contributed by atoms with E-state index in [4.69, 9.17) is 9.47 Å². The second-order valence-electron chi connectivity index (χ2n) is 6.70. The normalized spacial score (nSPS) is 11.8. The van der Waals surface area contributed by atoms with Gasteiger partial charge in [0, 0.05) is 34.4 Å². The van der Waals surface area contributed by atoms with Gasteiger partial charge in [-0.05, 0) is 35.9 Å². The van der Waals surface area contributed by atoms with Gasteiger partial charge in [0.05, 0.1) is 14.2 Å². The monoisotopic (exact) mass is 386 g/mol. The lowest BCUT2D eigenvalue weighted by molar-refractivity contribution is 0.0971. The predicted octanol–water partition coefficient (Wildman–Crippen LogP) is 5.22. The zero-order valence-corrected chi connectivity index (χ0v) is 16.3. The first-order valence-electron chi connectivity index (χ1n) is 9.34. The lowest BCUT2D eigenvalue weighted by atomic mass is 9.96. The molecule has 2 N–H and O–H groups in total. The number of benzene rings is 3. The van der Waals surface area contributed by atoms with Crippen molar-refractivity contribution < 1.29 is 14.3 Å². The number of fused-ring (bicyclic) bond motifs is 1. The van der Waals surface area contributed by atoms with Crippen molar-refractivity contribution in [2.24, 2.45) is 0 Å². The minimum absolute atomic E-state index is 0.0291. The topological polar surface area (TPSA) is 63.3 Å². The molecule has 0 aliphatic carbocycles. The summed E-state index contributed by atoms with van der Waals surface area (Å²) < 4.78 is 10.7. The highest BCUT2D eigenvalue weighted by Crippen LogP contribution is 2.30. The summed E-state index contributed by atoms with van der Waals surface area (Å²) in [6, 6.07) is 22.4. The average Bonchev–Trinajstić information content (AvgIpc) is 3.21. The van der Waals surface area contributed by atoms with E-state index in [2.05, 4.69) is 10.3 Å². The Labute approximate surface area is 169 Å². The Bertz CT molecular complexity index is 1140. The van der Waals surface area contributed by atoms with Crippen LogP contribution in [-0.2, 0) is 0 Å². The van der Waals surface area contributed by atoms with Crippen molar-refractivity contribution in [3.63, 3.8) is 0 Å². The van der Waals surface area contributed by atoms with E-state index in [-0.39, 0.29) is 5.78 Å². The second kappa shape index (κ2) is 8.10. The van der Waals surface area contributed by atoms with Gasteiger partial charge in [-0.25, -0.2) is 0 Å². The SMILES string of the molecule is COc1cccc(NC(C(=O)c2c[nH]c3ccc(OC)cc23)c2ccccc2)c1. The van der Waals surface area contributed by atoms with Crippen LogP contribution in [-0.4, -0.2) is 25.0 Å². The first-order valence-corrected chi connectivity index (χ1v) is 9.34. The van der Waals surface area contributed by atoms with Crippen LogP contribution < -0.4 is 14.8 Å². The molecule has 3 aromatic carbocycles. The second-order valence-corrected chi connectivity index (χ2v) is 6.70. The molecular weight excluding hydrogens is 364 g/mol. The minimum atomic E-state index is -0.548. The summed E-state index contributed by atoms with van der Waals surface area (Å²) in [5.74, 6) is 1.41. The fourth-order valence-electron chi connectivity index (χ4n) is 3.41. The number of nitrogens with one attached hydrogen (secondary N) is 2. The standard InChI is InChI=1S/C24H22N2O3/c1-28-18-10-6-9-17(13-18)26-23(16-7-4-3-5-8-16)24(27)21-15-25-22-12-11-19(29-2)14-20(21)22/h3-15,23,25-26H,1-2H3. The molecule has 4 aromatic rings. The van der Waals surface area contributed by atoms with Gasteiger partial charge in [-0.2, -0.15) is 0 Å². The highest BCUT2D eigenvalue weighted by Gasteiger charge is 2.24. The number of ether oxygens (including phenoxy) is 2. The molecule has 0 radical (unpaired) electrons. The van der Waals surface area contributed by atoms with Crippen LogP contribution in [0.2, 0.25) is 0 Å². The van der Waals surface area contributed by atoms with Crippen molar-refractivity contribution in [3.8, 4) is 11.5 Å². The van der Waals surface area contributed by atoms with Gasteiger partial charge in [-0.15, -0.1) is 0 Å². The first kappa shape index (κ1) is 18.6. The Morgan fingerprint density at radius 2 is 1.66 bits per heavy atom. The molecule has 1 aromatic heterocycles. The maximum Gasteiger partial charge on any atom is 0.191 e. The molecule has 1 atom stereocenters. The third-order valence-corrected chi connectivity index (χ3v) is 4.93. The van der Waals surface area contributed by atoms with Gasteiger partial charge in [0.25, 0.3) is 0 Å². The third kappa shape index (κ3) is 3.80. The van der Waals surface area contributed by atoms with Gasteiger partial charge in [-0.3, -0.25) is 4.79 Å². The van der Waals surface area contributed by atoms with Crippen LogP contribution >= 0.6 is 0 Å². The van der Waals surface area contributed by atoms with Crippen molar-refractivity contribution in [2.75, 3.05) is 19.5 Å². The first-order chi connectivity index (χ1) is 14.2. The van der Waals surface area contributed by atoms with E-state index >= 15 is 0 Å². The maximum atomic E-state index is 13.6. The summed E-state index contributed by atoms with van der Waals surface area (Å²) in [7, 11) is 3.24. The Morgan fingerprint density at radius 3 is 2.41 bits per heavy atom. The Morgan fingerprint density at radius 1 is 0.897 bits per heavy atom. The number of carbonyl (C=O) groups excluding carboxylic acids is 1. The van der Waals surface area contributed by atoms with Crippen LogP contribution in [0.1, 0.15) is 22.0 Å². The number of methoxy groups -OCH3 is 2. The maximum absolute atomic E-state index is 13.6. The Kier molecular flexibility index (Phi) is 5.20. The van der Waals surface area contributed by atoms with E-state index in [0.717, 1.165) is 27.9 Å². The highest BCUT2D eigenvalue weighted by atomic mass is 16.5. The molecule has 0 bridgehead atoms. The van der Waals surface area contributed by atoms with Crippen LogP contribution in [0.3, 0.4) is 0 Å². The van der Waals surface area contributed by atoms with Crippen LogP contribution in [0.4, 0.5) is 5.69 Å². The minimum Gasteiger partial charge on any atom is -0.497 e. The molecule has 29 heavy (non-hydrogen) atoms. The summed E-state index contributed by atoms with van der Waals surface area (Å²) in [6.07, 6.45) is 1.76. The molecule has 0 amide bonds. The number of Topliss-reactive ketones (excluding diaryl/α,β-unsaturated/α-hetero) is 1. The quantitative estimate of drug-likeness (QED) is 0.427. The molecular formula is C24H22N2O3. The number of aromatic amines is 1. The molecule has 4 rings (SSSR count). The summed E-state index contributed by atoms with van der Waals surface area (Å²) in [4.78, 5) is 16.8. The number of aromatic nitrogens is 1. The molecule has 5 nitrogen and oxygen atoms in total. The molecule has 0 aliphatic rings.